The van der Waals surface area contributed by atoms with E-state index in [1.807, 2.05) is 50.2 Å². The van der Waals surface area contributed by atoms with Crippen molar-refractivity contribution in [2.24, 2.45) is 0 Å². The summed E-state index contributed by atoms with van der Waals surface area (Å²) >= 11 is 0. The molecular formula is C14H14N4O. The number of nitrogens with one attached hydrogen (secondary N) is 2. The highest BCUT2D eigenvalue weighted by Gasteiger charge is 2.16. The van der Waals surface area contributed by atoms with Crippen molar-refractivity contribution in [3.63, 3.8) is 0 Å². The van der Waals surface area contributed by atoms with Gasteiger partial charge in [-0.2, -0.15) is 5.10 Å². The average molecular weight is 254 g/mol. The Hall–Kier alpha value is -2.56. The number of H-pyrrole nitrogens is 2. The quantitative estimate of drug-likeness (QED) is 0.736. The molecule has 0 amide bonds. The van der Waals surface area contributed by atoms with Crippen LogP contribution in [0.2, 0.25) is 0 Å². The SMILES string of the molecule is Cc1cc(-c2c(C)[nH]n(-c3ccccc3)c2=O)n[nH]1. The van der Waals surface area contributed by atoms with Crippen molar-refractivity contribution in [3.05, 3.63) is 58.1 Å². The zero-order valence-corrected chi connectivity index (χ0v) is 10.8. The number of aromatic amines is 2. The number of hydrogen-bond donors (Lipinski definition) is 2. The lowest BCUT2D eigenvalue weighted by Gasteiger charge is -1.99. The molecule has 0 aliphatic carbocycles. The van der Waals surface area contributed by atoms with E-state index >= 15 is 0 Å². The summed E-state index contributed by atoms with van der Waals surface area (Å²) in [7, 11) is 0. The van der Waals surface area contributed by atoms with Crippen molar-refractivity contribution in [1.82, 2.24) is 20.0 Å². The van der Waals surface area contributed by atoms with Crippen LogP contribution in [0.5, 0.6) is 0 Å². The number of nitrogens with zero attached hydrogens (tertiary/aromatic N) is 2. The highest BCUT2D eigenvalue weighted by molar-refractivity contribution is 5.61. The largest absolute Gasteiger partial charge is 0.295 e. The minimum atomic E-state index is -0.0878. The second kappa shape index (κ2) is 4.28. The van der Waals surface area contributed by atoms with E-state index in [-0.39, 0.29) is 5.56 Å². The van der Waals surface area contributed by atoms with Crippen molar-refractivity contribution in [1.29, 1.82) is 0 Å². The third kappa shape index (κ3) is 1.89. The van der Waals surface area contributed by atoms with E-state index in [0.29, 0.717) is 11.3 Å². The number of hydrogen-bond acceptors (Lipinski definition) is 2. The first-order valence-electron chi connectivity index (χ1n) is 6.06. The van der Waals surface area contributed by atoms with Gasteiger partial charge in [0.05, 0.1) is 16.9 Å². The second-order valence-corrected chi connectivity index (χ2v) is 4.52. The molecule has 0 saturated carbocycles. The molecule has 2 aromatic heterocycles. The lowest BCUT2D eigenvalue weighted by Crippen LogP contribution is -2.15. The van der Waals surface area contributed by atoms with Gasteiger partial charge in [-0.15, -0.1) is 0 Å². The summed E-state index contributed by atoms with van der Waals surface area (Å²) in [6.07, 6.45) is 0. The smallest absolute Gasteiger partial charge is 0.281 e. The van der Waals surface area contributed by atoms with Gasteiger partial charge < -0.3 is 0 Å². The van der Waals surface area contributed by atoms with Gasteiger partial charge in [-0.05, 0) is 32.0 Å². The Labute approximate surface area is 109 Å². The van der Waals surface area contributed by atoms with Gasteiger partial charge >= 0.3 is 0 Å². The van der Waals surface area contributed by atoms with Crippen LogP contribution in [0.25, 0.3) is 16.9 Å². The summed E-state index contributed by atoms with van der Waals surface area (Å²) in [5.41, 5.74) is 3.74. The molecule has 19 heavy (non-hydrogen) atoms. The summed E-state index contributed by atoms with van der Waals surface area (Å²) < 4.78 is 1.54. The molecule has 0 aliphatic heterocycles. The summed E-state index contributed by atoms with van der Waals surface area (Å²) in [5, 5.41) is 10.1. The van der Waals surface area contributed by atoms with E-state index in [9.17, 15) is 4.79 Å². The van der Waals surface area contributed by atoms with Gasteiger partial charge in [0.25, 0.3) is 5.56 Å². The maximum atomic E-state index is 12.5. The van der Waals surface area contributed by atoms with Crippen LogP contribution >= 0.6 is 0 Å². The molecule has 0 atom stereocenters. The van der Waals surface area contributed by atoms with Crippen LogP contribution in [0.1, 0.15) is 11.4 Å². The highest BCUT2D eigenvalue weighted by atomic mass is 16.1. The highest BCUT2D eigenvalue weighted by Crippen LogP contribution is 2.18. The van der Waals surface area contributed by atoms with E-state index in [1.54, 1.807) is 0 Å². The Morgan fingerprint density at radius 3 is 2.53 bits per heavy atom. The Morgan fingerprint density at radius 1 is 1.16 bits per heavy atom. The monoisotopic (exact) mass is 254 g/mol. The molecule has 1 aromatic carbocycles. The van der Waals surface area contributed by atoms with Gasteiger partial charge in [0, 0.05) is 11.4 Å². The standard InChI is InChI=1S/C14H14N4O/c1-9-8-12(16-15-9)13-10(2)17-18(14(13)19)11-6-4-3-5-7-11/h3-8,17H,1-2H3,(H,15,16). The molecule has 3 aromatic rings. The van der Waals surface area contributed by atoms with E-state index in [2.05, 4.69) is 15.3 Å². The molecule has 0 fully saturated rings. The maximum absolute atomic E-state index is 12.5. The van der Waals surface area contributed by atoms with Gasteiger partial charge in [-0.1, -0.05) is 18.2 Å². The molecule has 5 nitrogen and oxygen atoms in total. The number of aryl methyl sites for hydroxylation is 2. The van der Waals surface area contributed by atoms with Crippen molar-refractivity contribution in [3.8, 4) is 16.9 Å². The van der Waals surface area contributed by atoms with Crippen molar-refractivity contribution >= 4 is 0 Å². The van der Waals surface area contributed by atoms with Crippen LogP contribution in [0.4, 0.5) is 0 Å². The fourth-order valence-corrected chi connectivity index (χ4v) is 2.15. The van der Waals surface area contributed by atoms with Crippen LogP contribution in [0.3, 0.4) is 0 Å². The average Bonchev–Trinajstić information content (AvgIpc) is 2.95. The molecule has 2 heterocycles. The molecular weight excluding hydrogens is 240 g/mol. The van der Waals surface area contributed by atoms with E-state index < -0.39 is 0 Å². The second-order valence-electron chi connectivity index (χ2n) is 4.52. The van der Waals surface area contributed by atoms with Gasteiger partial charge in [-0.25, -0.2) is 4.68 Å². The Bertz CT molecular complexity index is 764. The predicted molar refractivity (Wildman–Crippen MR) is 73.4 cm³/mol. The maximum Gasteiger partial charge on any atom is 0.281 e. The first-order chi connectivity index (χ1) is 9.16. The molecule has 0 aliphatic rings. The van der Waals surface area contributed by atoms with Gasteiger partial charge in [0.1, 0.15) is 0 Å². The topological polar surface area (TPSA) is 66.5 Å². The van der Waals surface area contributed by atoms with Gasteiger partial charge in [0.2, 0.25) is 0 Å². The van der Waals surface area contributed by atoms with Crippen LogP contribution in [0, 0.1) is 13.8 Å². The third-order valence-corrected chi connectivity index (χ3v) is 3.05. The van der Waals surface area contributed by atoms with E-state index in [0.717, 1.165) is 17.1 Å². The Kier molecular flexibility index (Phi) is 2.59. The zero-order chi connectivity index (χ0) is 13.4. The third-order valence-electron chi connectivity index (χ3n) is 3.05. The van der Waals surface area contributed by atoms with Crippen molar-refractivity contribution in [2.75, 3.05) is 0 Å². The molecule has 0 spiro atoms. The first kappa shape index (κ1) is 11.5. The summed E-state index contributed by atoms with van der Waals surface area (Å²) in [6.45, 7) is 3.79. The number of aromatic nitrogens is 4. The Morgan fingerprint density at radius 2 is 1.89 bits per heavy atom. The van der Waals surface area contributed by atoms with Gasteiger partial charge in [-0.3, -0.25) is 15.0 Å². The van der Waals surface area contributed by atoms with Crippen LogP contribution in [-0.2, 0) is 0 Å². The normalized spacial score (nSPS) is 10.8. The minimum Gasteiger partial charge on any atom is -0.295 e. The molecule has 0 saturated heterocycles. The molecule has 3 rings (SSSR count). The molecule has 0 bridgehead atoms. The lowest BCUT2D eigenvalue weighted by molar-refractivity contribution is 0.835. The zero-order valence-electron chi connectivity index (χ0n) is 10.8. The lowest BCUT2D eigenvalue weighted by atomic mass is 10.2. The summed E-state index contributed by atoms with van der Waals surface area (Å²) in [6, 6.07) is 11.4. The fraction of sp³-hybridized carbons (Fsp3) is 0.143. The fourth-order valence-electron chi connectivity index (χ4n) is 2.15. The van der Waals surface area contributed by atoms with Crippen LogP contribution in [0.15, 0.2) is 41.2 Å². The first-order valence-corrected chi connectivity index (χ1v) is 6.06. The van der Waals surface area contributed by atoms with E-state index in [1.165, 1.54) is 4.68 Å². The van der Waals surface area contributed by atoms with E-state index in [4.69, 9.17) is 0 Å². The van der Waals surface area contributed by atoms with Crippen molar-refractivity contribution < 1.29 is 0 Å². The number of para-hydroxylation sites is 1. The molecule has 0 unspecified atom stereocenters. The predicted octanol–water partition coefficient (Wildman–Crippen LogP) is 2.17. The van der Waals surface area contributed by atoms with Crippen LogP contribution in [-0.4, -0.2) is 20.0 Å². The molecule has 96 valence electrons. The van der Waals surface area contributed by atoms with Gasteiger partial charge in [0.15, 0.2) is 0 Å². The molecule has 5 heteroatoms. The Balaban J connectivity index is 2.19. The molecule has 0 radical (unpaired) electrons. The summed E-state index contributed by atoms with van der Waals surface area (Å²) in [5.74, 6) is 0. The molecule has 2 N–H and O–H groups in total. The minimum absolute atomic E-state index is 0.0878. The summed E-state index contributed by atoms with van der Waals surface area (Å²) in [4.78, 5) is 12.5. The number of rotatable bonds is 2. The van der Waals surface area contributed by atoms with Crippen LogP contribution < -0.4 is 5.56 Å². The number of benzene rings is 1. The van der Waals surface area contributed by atoms with Crippen molar-refractivity contribution in [2.45, 2.75) is 13.8 Å².